The van der Waals surface area contributed by atoms with Gasteiger partial charge in [-0.1, -0.05) is 18.6 Å². The van der Waals surface area contributed by atoms with Gasteiger partial charge in [0.2, 0.25) is 5.95 Å². The van der Waals surface area contributed by atoms with Crippen LogP contribution in [-0.4, -0.2) is 60.4 Å². The second kappa shape index (κ2) is 6.89. The highest BCUT2D eigenvalue weighted by molar-refractivity contribution is 5.78. The van der Waals surface area contributed by atoms with Gasteiger partial charge in [0.1, 0.15) is 0 Å². The fraction of sp³-hybridized carbons (Fsp3) is 0.611. The number of anilines is 1. The van der Waals surface area contributed by atoms with Gasteiger partial charge >= 0.3 is 0 Å². The molecule has 2 aliphatic rings. The molecule has 5 heteroatoms. The van der Waals surface area contributed by atoms with Gasteiger partial charge in [-0.15, -0.1) is 0 Å². The van der Waals surface area contributed by atoms with Gasteiger partial charge in [0.15, 0.2) is 0 Å². The molecular weight excluding hydrogens is 288 g/mol. The Morgan fingerprint density at radius 2 is 1.70 bits per heavy atom. The van der Waals surface area contributed by atoms with Gasteiger partial charge in [0.05, 0.1) is 24.2 Å². The number of imidazole rings is 1. The second-order valence-corrected chi connectivity index (χ2v) is 6.55. The van der Waals surface area contributed by atoms with Gasteiger partial charge in [-0.3, -0.25) is 0 Å². The summed E-state index contributed by atoms with van der Waals surface area (Å²) in [4.78, 5) is 9.89. The summed E-state index contributed by atoms with van der Waals surface area (Å²) in [5, 5.41) is 0. The first-order valence-corrected chi connectivity index (χ1v) is 8.92. The van der Waals surface area contributed by atoms with Gasteiger partial charge in [-0.05, 0) is 38.1 Å². The normalized spacial score (nSPS) is 20.3. The first-order valence-electron chi connectivity index (χ1n) is 8.92. The number of rotatable bonds is 4. The lowest BCUT2D eigenvalue weighted by Crippen LogP contribution is -2.38. The molecule has 0 N–H and O–H groups in total. The topological polar surface area (TPSA) is 33.5 Å². The quantitative estimate of drug-likeness (QED) is 0.867. The Balaban J connectivity index is 1.59. The van der Waals surface area contributed by atoms with E-state index in [1.165, 1.54) is 37.9 Å². The van der Waals surface area contributed by atoms with Crippen molar-refractivity contribution >= 4 is 17.0 Å². The Kier molecular flexibility index (Phi) is 4.48. The van der Waals surface area contributed by atoms with Crippen molar-refractivity contribution < 1.29 is 4.74 Å². The lowest BCUT2D eigenvalue weighted by molar-refractivity contribution is 0.121. The number of benzene rings is 1. The molecule has 1 aromatic carbocycles. The maximum absolute atomic E-state index is 5.50. The molecule has 0 atom stereocenters. The van der Waals surface area contributed by atoms with E-state index >= 15 is 0 Å². The minimum atomic E-state index is 0.801. The maximum Gasteiger partial charge on any atom is 0.206 e. The lowest BCUT2D eigenvalue weighted by atomic mass is 10.1. The van der Waals surface area contributed by atoms with E-state index in [1.54, 1.807) is 0 Å². The Morgan fingerprint density at radius 3 is 2.52 bits per heavy atom. The molecule has 0 bridgehead atoms. The van der Waals surface area contributed by atoms with Gasteiger partial charge in [-0.25, -0.2) is 4.98 Å². The molecule has 2 aliphatic heterocycles. The van der Waals surface area contributed by atoms with Crippen LogP contribution in [0.1, 0.15) is 19.3 Å². The number of aromatic nitrogens is 2. The fourth-order valence-corrected chi connectivity index (χ4v) is 3.71. The highest BCUT2D eigenvalue weighted by Gasteiger charge is 2.20. The molecule has 0 saturated carbocycles. The average molecular weight is 314 g/mol. The minimum Gasteiger partial charge on any atom is -0.378 e. The molecule has 5 nitrogen and oxygen atoms in total. The van der Waals surface area contributed by atoms with Crippen molar-refractivity contribution in [1.82, 2.24) is 14.5 Å². The van der Waals surface area contributed by atoms with Gasteiger partial charge in [0, 0.05) is 26.2 Å². The monoisotopic (exact) mass is 314 g/mol. The van der Waals surface area contributed by atoms with E-state index in [0.29, 0.717) is 0 Å². The number of para-hydroxylation sites is 2. The van der Waals surface area contributed by atoms with E-state index in [4.69, 9.17) is 9.72 Å². The largest absolute Gasteiger partial charge is 0.378 e. The summed E-state index contributed by atoms with van der Waals surface area (Å²) in [5.74, 6) is 1.12. The fourth-order valence-electron chi connectivity index (χ4n) is 3.71. The summed E-state index contributed by atoms with van der Waals surface area (Å²) in [6.07, 6.45) is 4.09. The Hall–Kier alpha value is -1.59. The summed E-state index contributed by atoms with van der Waals surface area (Å²) in [5.41, 5.74) is 2.36. The minimum absolute atomic E-state index is 0.801. The summed E-state index contributed by atoms with van der Waals surface area (Å²) >= 11 is 0. The van der Waals surface area contributed by atoms with Crippen molar-refractivity contribution in [3.8, 4) is 0 Å². The van der Waals surface area contributed by atoms with Crippen LogP contribution in [0.2, 0.25) is 0 Å². The van der Waals surface area contributed by atoms with Crippen molar-refractivity contribution in [1.29, 1.82) is 0 Å². The van der Waals surface area contributed by atoms with Crippen LogP contribution >= 0.6 is 0 Å². The van der Waals surface area contributed by atoms with E-state index < -0.39 is 0 Å². The Labute approximate surface area is 137 Å². The van der Waals surface area contributed by atoms with Crippen molar-refractivity contribution in [3.63, 3.8) is 0 Å². The van der Waals surface area contributed by atoms with Crippen LogP contribution in [0.3, 0.4) is 0 Å². The van der Waals surface area contributed by atoms with Crippen molar-refractivity contribution in [2.75, 3.05) is 50.8 Å². The molecule has 2 saturated heterocycles. The number of hydrogen-bond acceptors (Lipinski definition) is 4. The summed E-state index contributed by atoms with van der Waals surface area (Å²) in [6, 6.07) is 8.51. The zero-order chi connectivity index (χ0) is 15.5. The predicted octanol–water partition coefficient (Wildman–Crippen LogP) is 2.36. The van der Waals surface area contributed by atoms with Crippen LogP contribution in [0.5, 0.6) is 0 Å². The third kappa shape index (κ3) is 3.21. The smallest absolute Gasteiger partial charge is 0.206 e. The molecule has 2 aromatic rings. The molecule has 4 rings (SSSR count). The second-order valence-electron chi connectivity index (χ2n) is 6.55. The lowest BCUT2D eigenvalue weighted by Gasteiger charge is -2.30. The van der Waals surface area contributed by atoms with Gasteiger partial charge in [0.25, 0.3) is 0 Å². The van der Waals surface area contributed by atoms with E-state index in [2.05, 4.69) is 38.6 Å². The average Bonchev–Trinajstić information content (AvgIpc) is 3.00. The molecule has 1 aromatic heterocycles. The number of nitrogens with zero attached hydrogens (tertiary/aromatic N) is 4. The third-order valence-electron chi connectivity index (χ3n) is 5.02. The molecule has 2 fully saturated rings. The van der Waals surface area contributed by atoms with Crippen molar-refractivity contribution in [3.05, 3.63) is 24.3 Å². The summed E-state index contributed by atoms with van der Waals surface area (Å²) in [7, 11) is 0. The van der Waals surface area contributed by atoms with Gasteiger partial charge in [-0.2, -0.15) is 0 Å². The summed E-state index contributed by atoms with van der Waals surface area (Å²) in [6.45, 7) is 8.12. The molecule has 3 heterocycles. The Morgan fingerprint density at radius 1 is 0.913 bits per heavy atom. The van der Waals surface area contributed by atoms with Crippen molar-refractivity contribution in [2.45, 2.75) is 25.8 Å². The number of morpholine rings is 1. The molecular formula is C18H26N4O. The zero-order valence-electron chi connectivity index (χ0n) is 13.8. The van der Waals surface area contributed by atoms with Crippen LogP contribution in [0.15, 0.2) is 24.3 Å². The van der Waals surface area contributed by atoms with Crippen molar-refractivity contribution in [2.24, 2.45) is 0 Å². The number of fused-ring (bicyclic) bond motifs is 1. The molecule has 23 heavy (non-hydrogen) atoms. The van der Waals surface area contributed by atoms with E-state index in [0.717, 1.165) is 50.9 Å². The zero-order valence-corrected chi connectivity index (χ0v) is 13.8. The van der Waals surface area contributed by atoms with Crippen LogP contribution in [0, 0.1) is 0 Å². The molecule has 0 amide bonds. The molecule has 124 valence electrons. The first kappa shape index (κ1) is 15.0. The SMILES string of the molecule is c1ccc2c(c1)nc(N1CCOCC1)n2CCN1CCCCC1. The van der Waals surface area contributed by atoms with E-state index in [1.807, 2.05) is 0 Å². The summed E-state index contributed by atoms with van der Waals surface area (Å²) < 4.78 is 7.92. The Bertz CT molecular complexity index is 642. The predicted molar refractivity (Wildman–Crippen MR) is 93.1 cm³/mol. The highest BCUT2D eigenvalue weighted by atomic mass is 16.5. The highest BCUT2D eigenvalue weighted by Crippen LogP contribution is 2.23. The number of likely N-dealkylation sites (tertiary alicyclic amines) is 1. The standard InChI is InChI=1S/C18H26N4O/c1-4-8-20(9-5-1)10-11-22-17-7-3-2-6-16(17)19-18(22)21-12-14-23-15-13-21/h2-3,6-7H,1,4-5,8-15H2. The molecule has 0 aliphatic carbocycles. The van der Waals surface area contributed by atoms with Crippen LogP contribution in [-0.2, 0) is 11.3 Å². The third-order valence-corrected chi connectivity index (χ3v) is 5.02. The van der Waals surface area contributed by atoms with Crippen LogP contribution in [0.25, 0.3) is 11.0 Å². The number of piperidine rings is 1. The molecule has 0 radical (unpaired) electrons. The number of hydrogen-bond donors (Lipinski definition) is 0. The number of ether oxygens (including phenoxy) is 1. The van der Waals surface area contributed by atoms with E-state index in [-0.39, 0.29) is 0 Å². The van der Waals surface area contributed by atoms with Crippen LogP contribution < -0.4 is 4.90 Å². The molecule has 0 unspecified atom stereocenters. The first-order chi connectivity index (χ1) is 11.4. The van der Waals surface area contributed by atoms with Crippen LogP contribution in [0.4, 0.5) is 5.95 Å². The van der Waals surface area contributed by atoms with E-state index in [9.17, 15) is 0 Å². The maximum atomic E-state index is 5.50. The van der Waals surface area contributed by atoms with Gasteiger partial charge < -0.3 is 19.1 Å². The molecule has 0 spiro atoms.